The van der Waals surface area contributed by atoms with Gasteiger partial charge in [-0.05, 0) is 65.2 Å². The summed E-state index contributed by atoms with van der Waals surface area (Å²) in [5, 5.41) is 3.58. The maximum atomic E-state index is 13.0. The first kappa shape index (κ1) is 24.6. The molecule has 0 saturated heterocycles. The molecule has 0 unspecified atom stereocenters. The molecule has 5 rings (SSSR count). The number of ether oxygens (including phenoxy) is 1. The minimum atomic E-state index is -4.49. The molecule has 0 aliphatic heterocycles. The Kier molecular flexibility index (Phi) is 6.57. The first-order valence-electron chi connectivity index (χ1n) is 11.4. The van der Waals surface area contributed by atoms with E-state index in [2.05, 4.69) is 26.8 Å². The van der Waals surface area contributed by atoms with Crippen LogP contribution in [0.25, 0.3) is 33.2 Å². The molecule has 0 atom stereocenters. The van der Waals surface area contributed by atoms with E-state index in [-0.39, 0.29) is 11.8 Å². The third kappa shape index (κ3) is 5.36. The number of halogens is 3. The molecule has 2 heterocycles. The van der Waals surface area contributed by atoms with Crippen LogP contribution in [0.3, 0.4) is 0 Å². The molecule has 0 saturated carbocycles. The van der Waals surface area contributed by atoms with Crippen molar-refractivity contribution < 1.29 is 22.7 Å². The lowest BCUT2D eigenvalue weighted by Crippen LogP contribution is -2.07. The number of nitrogens with zero attached hydrogens (tertiary/aromatic N) is 3. The topological polar surface area (TPSA) is 77.0 Å². The van der Waals surface area contributed by atoms with Crippen LogP contribution >= 0.6 is 0 Å². The largest absolute Gasteiger partial charge is 0.439 e. The van der Waals surface area contributed by atoms with Crippen LogP contribution in [0.15, 0.2) is 104 Å². The van der Waals surface area contributed by atoms with E-state index in [1.807, 2.05) is 30.3 Å². The SMILES string of the molecule is C=CC(=O)Nc1cccc(-c2cc(-c3ccc(Oc4cc(C(F)(F)F)ccn4)cc3)cc3cncnc23)c1. The van der Waals surface area contributed by atoms with Gasteiger partial charge in [-0.2, -0.15) is 13.2 Å². The standard InChI is InChI=1S/C29H19F3N4O2/c1-2-26(37)36-23-5-3-4-19(13-23)25-14-20(12-21-16-33-17-35-28(21)25)18-6-8-24(9-7-18)38-27-15-22(10-11-34-27)29(30,31)32/h2-17H,1H2,(H,36,37). The number of carbonyl (C=O) groups is 1. The van der Waals surface area contributed by atoms with E-state index < -0.39 is 11.7 Å². The third-order valence-electron chi connectivity index (χ3n) is 5.71. The molecule has 1 N–H and O–H groups in total. The summed E-state index contributed by atoms with van der Waals surface area (Å²) in [5.74, 6) is -0.123. The lowest BCUT2D eigenvalue weighted by Gasteiger charge is -2.12. The average molecular weight is 512 g/mol. The molecule has 0 spiro atoms. The lowest BCUT2D eigenvalue weighted by atomic mass is 9.96. The first-order chi connectivity index (χ1) is 18.3. The number of benzene rings is 3. The number of aromatic nitrogens is 3. The summed E-state index contributed by atoms with van der Waals surface area (Å²) in [5.41, 5.74) is 3.91. The Bertz CT molecular complexity index is 1650. The van der Waals surface area contributed by atoms with Gasteiger partial charge >= 0.3 is 6.18 Å². The second-order valence-corrected chi connectivity index (χ2v) is 8.27. The van der Waals surface area contributed by atoms with Crippen LogP contribution in [0, 0.1) is 0 Å². The average Bonchev–Trinajstić information content (AvgIpc) is 2.92. The van der Waals surface area contributed by atoms with Gasteiger partial charge in [-0.3, -0.25) is 4.79 Å². The summed E-state index contributed by atoms with van der Waals surface area (Å²) >= 11 is 0. The smallest absolute Gasteiger partial charge is 0.416 e. The van der Waals surface area contributed by atoms with E-state index in [9.17, 15) is 18.0 Å². The normalized spacial score (nSPS) is 11.2. The highest BCUT2D eigenvalue weighted by molar-refractivity contribution is 6.01. The maximum Gasteiger partial charge on any atom is 0.416 e. The van der Waals surface area contributed by atoms with Crippen molar-refractivity contribution in [2.75, 3.05) is 5.32 Å². The van der Waals surface area contributed by atoms with Crippen LogP contribution in [0.1, 0.15) is 5.56 Å². The summed E-state index contributed by atoms with van der Waals surface area (Å²) in [6.07, 6.45) is 0.965. The van der Waals surface area contributed by atoms with Crippen LogP contribution in [0.5, 0.6) is 11.6 Å². The van der Waals surface area contributed by atoms with Crippen molar-refractivity contribution in [2.45, 2.75) is 6.18 Å². The number of fused-ring (bicyclic) bond motifs is 1. The van der Waals surface area contributed by atoms with Crippen LogP contribution in [0.4, 0.5) is 18.9 Å². The second kappa shape index (κ2) is 10.1. The van der Waals surface area contributed by atoms with Crippen molar-refractivity contribution in [1.29, 1.82) is 0 Å². The maximum absolute atomic E-state index is 13.0. The van der Waals surface area contributed by atoms with E-state index in [4.69, 9.17) is 4.74 Å². The molecule has 9 heteroatoms. The fourth-order valence-corrected chi connectivity index (χ4v) is 3.93. The van der Waals surface area contributed by atoms with Gasteiger partial charge in [0.25, 0.3) is 0 Å². The van der Waals surface area contributed by atoms with E-state index >= 15 is 0 Å². The molecule has 0 radical (unpaired) electrons. The predicted molar refractivity (Wildman–Crippen MR) is 139 cm³/mol. The van der Waals surface area contributed by atoms with Crippen molar-refractivity contribution >= 4 is 22.5 Å². The highest BCUT2D eigenvalue weighted by atomic mass is 19.4. The minimum Gasteiger partial charge on any atom is -0.439 e. The summed E-state index contributed by atoms with van der Waals surface area (Å²) in [6.45, 7) is 3.48. The van der Waals surface area contributed by atoms with Gasteiger partial charge in [-0.25, -0.2) is 15.0 Å². The fraction of sp³-hybridized carbons (Fsp3) is 0.0345. The van der Waals surface area contributed by atoms with Crippen molar-refractivity contribution in [2.24, 2.45) is 0 Å². The van der Waals surface area contributed by atoms with Crippen molar-refractivity contribution in [1.82, 2.24) is 15.0 Å². The zero-order valence-electron chi connectivity index (χ0n) is 19.7. The van der Waals surface area contributed by atoms with Crippen LogP contribution in [-0.4, -0.2) is 20.9 Å². The summed E-state index contributed by atoms with van der Waals surface area (Å²) < 4.78 is 44.5. The van der Waals surface area contributed by atoms with E-state index in [0.29, 0.717) is 11.4 Å². The van der Waals surface area contributed by atoms with E-state index in [0.717, 1.165) is 51.5 Å². The Balaban J connectivity index is 1.48. The fourth-order valence-electron chi connectivity index (χ4n) is 3.93. The second-order valence-electron chi connectivity index (χ2n) is 8.27. The van der Waals surface area contributed by atoms with Gasteiger partial charge in [0, 0.05) is 35.1 Å². The zero-order valence-corrected chi connectivity index (χ0v) is 19.7. The van der Waals surface area contributed by atoms with Gasteiger partial charge in [0.2, 0.25) is 11.8 Å². The number of hydrogen-bond acceptors (Lipinski definition) is 5. The minimum absolute atomic E-state index is 0.152. The molecule has 5 aromatic rings. The van der Waals surface area contributed by atoms with Crippen LogP contribution in [0.2, 0.25) is 0 Å². The molecular formula is C29H19F3N4O2. The van der Waals surface area contributed by atoms with Gasteiger partial charge in [-0.1, -0.05) is 30.8 Å². The third-order valence-corrected chi connectivity index (χ3v) is 5.71. The number of rotatable bonds is 6. The molecule has 2 aromatic heterocycles. The highest BCUT2D eigenvalue weighted by Crippen LogP contribution is 2.35. The van der Waals surface area contributed by atoms with Gasteiger partial charge in [0.1, 0.15) is 12.1 Å². The Labute approximate surface area is 215 Å². The van der Waals surface area contributed by atoms with Crippen LogP contribution in [-0.2, 0) is 11.0 Å². The predicted octanol–water partition coefficient (Wildman–Crippen LogP) is 7.29. The Hall–Kier alpha value is -5.05. The van der Waals surface area contributed by atoms with Gasteiger partial charge < -0.3 is 10.1 Å². The molecule has 0 aliphatic carbocycles. The number of pyridine rings is 1. The number of hydrogen-bond donors (Lipinski definition) is 1. The van der Waals surface area contributed by atoms with Gasteiger partial charge in [0.05, 0.1) is 11.1 Å². The monoisotopic (exact) mass is 512 g/mol. The summed E-state index contributed by atoms with van der Waals surface area (Å²) in [6, 6.07) is 20.0. The quantitative estimate of drug-likeness (QED) is 0.242. The molecular weight excluding hydrogens is 493 g/mol. The number of amides is 1. The van der Waals surface area contributed by atoms with E-state index in [1.165, 1.54) is 12.4 Å². The van der Waals surface area contributed by atoms with Crippen molar-refractivity contribution in [3.8, 4) is 33.9 Å². The number of carbonyl (C=O) groups excluding carboxylic acids is 1. The lowest BCUT2D eigenvalue weighted by molar-refractivity contribution is -0.137. The Morgan fingerprint density at radius 2 is 1.74 bits per heavy atom. The van der Waals surface area contributed by atoms with Crippen molar-refractivity contribution in [3.63, 3.8) is 0 Å². The van der Waals surface area contributed by atoms with Gasteiger partial charge in [0.15, 0.2) is 0 Å². The Morgan fingerprint density at radius 1 is 0.921 bits per heavy atom. The zero-order chi connectivity index (χ0) is 26.7. The molecule has 0 aliphatic rings. The molecule has 188 valence electrons. The van der Waals surface area contributed by atoms with Gasteiger partial charge in [-0.15, -0.1) is 0 Å². The summed E-state index contributed by atoms with van der Waals surface area (Å²) in [4.78, 5) is 24.3. The number of alkyl halides is 3. The van der Waals surface area contributed by atoms with Crippen LogP contribution < -0.4 is 10.1 Å². The van der Waals surface area contributed by atoms with E-state index in [1.54, 1.807) is 36.5 Å². The highest BCUT2D eigenvalue weighted by Gasteiger charge is 2.31. The molecule has 38 heavy (non-hydrogen) atoms. The molecule has 1 amide bonds. The number of nitrogens with one attached hydrogen (secondary N) is 1. The molecule has 0 bridgehead atoms. The number of anilines is 1. The first-order valence-corrected chi connectivity index (χ1v) is 11.4. The molecule has 0 fully saturated rings. The molecule has 6 nitrogen and oxygen atoms in total. The molecule has 3 aromatic carbocycles. The summed E-state index contributed by atoms with van der Waals surface area (Å²) in [7, 11) is 0. The Morgan fingerprint density at radius 3 is 2.50 bits per heavy atom. The van der Waals surface area contributed by atoms with Crippen molar-refractivity contribution in [3.05, 3.63) is 110 Å².